The number of thiophene rings is 1. The summed E-state index contributed by atoms with van der Waals surface area (Å²) >= 11 is 6.67. The molecule has 2 aromatic heterocycles. The number of halogens is 1. The minimum atomic E-state index is -0.211. The number of amides is 1. The van der Waals surface area contributed by atoms with Crippen molar-refractivity contribution in [3.8, 4) is 0 Å². The van der Waals surface area contributed by atoms with E-state index in [-0.39, 0.29) is 11.9 Å². The Hall–Kier alpha value is -1.54. The molecule has 0 aliphatic heterocycles. The number of hydrogen-bond acceptors (Lipinski definition) is 5. The number of thiazole rings is 1. The first-order valence-corrected chi connectivity index (χ1v) is 10.3. The van der Waals surface area contributed by atoms with E-state index in [1.807, 2.05) is 47.7 Å². The van der Waals surface area contributed by atoms with Gasteiger partial charge in [-0.05, 0) is 45.6 Å². The van der Waals surface area contributed by atoms with Gasteiger partial charge in [-0.15, -0.1) is 22.7 Å². The topological polar surface area (TPSA) is 45.2 Å². The molecule has 0 saturated heterocycles. The van der Waals surface area contributed by atoms with Crippen LogP contribution in [-0.2, 0) is 11.3 Å². The fraction of sp³-hybridized carbons (Fsp3) is 0.222. The van der Waals surface area contributed by atoms with Crippen LogP contribution in [0.3, 0.4) is 0 Å². The number of nitrogens with one attached hydrogen (secondary N) is 1. The predicted molar refractivity (Wildman–Crippen MR) is 107 cm³/mol. The normalized spacial score (nSPS) is 12.3. The van der Waals surface area contributed by atoms with Gasteiger partial charge in [0.25, 0.3) is 0 Å². The van der Waals surface area contributed by atoms with Gasteiger partial charge in [-0.3, -0.25) is 9.69 Å². The molecule has 25 heavy (non-hydrogen) atoms. The Morgan fingerprint density at radius 3 is 2.76 bits per heavy atom. The number of rotatable bonds is 7. The lowest BCUT2D eigenvalue weighted by Crippen LogP contribution is -2.37. The van der Waals surface area contributed by atoms with Crippen molar-refractivity contribution >= 4 is 44.5 Å². The van der Waals surface area contributed by atoms with E-state index >= 15 is 0 Å². The fourth-order valence-corrected chi connectivity index (χ4v) is 4.47. The van der Waals surface area contributed by atoms with Crippen molar-refractivity contribution in [2.75, 3.05) is 13.6 Å². The third-order valence-corrected chi connectivity index (χ3v) is 6.02. The van der Waals surface area contributed by atoms with Crippen LogP contribution in [0.4, 0.5) is 0 Å². The zero-order valence-corrected chi connectivity index (χ0v) is 16.9. The van der Waals surface area contributed by atoms with E-state index < -0.39 is 0 Å². The molecule has 0 bridgehead atoms. The van der Waals surface area contributed by atoms with Crippen LogP contribution < -0.4 is 5.32 Å². The molecule has 1 amide bonds. The summed E-state index contributed by atoms with van der Waals surface area (Å²) in [4.78, 5) is 18.9. The Morgan fingerprint density at radius 1 is 1.32 bits per heavy atom. The van der Waals surface area contributed by atoms with Gasteiger partial charge < -0.3 is 5.32 Å². The molecular formula is C18H18BrN3OS2. The molecule has 1 unspecified atom stereocenters. The summed E-state index contributed by atoms with van der Waals surface area (Å²) in [7, 11) is 1.95. The zero-order valence-electron chi connectivity index (χ0n) is 13.7. The minimum absolute atomic E-state index is 0.0131. The van der Waals surface area contributed by atoms with Gasteiger partial charge in [-0.1, -0.05) is 30.3 Å². The Morgan fingerprint density at radius 2 is 2.12 bits per heavy atom. The molecule has 0 aliphatic carbocycles. The molecule has 1 aromatic carbocycles. The van der Waals surface area contributed by atoms with Crippen molar-refractivity contribution in [3.05, 3.63) is 73.3 Å². The first-order valence-electron chi connectivity index (χ1n) is 7.77. The number of aromatic nitrogens is 1. The number of carbonyl (C=O) groups excluding carboxylic acids is 1. The lowest BCUT2D eigenvalue weighted by atomic mass is 10.1. The molecule has 0 radical (unpaired) electrons. The highest BCUT2D eigenvalue weighted by Crippen LogP contribution is 2.24. The highest BCUT2D eigenvalue weighted by atomic mass is 79.9. The largest absolute Gasteiger partial charge is 0.342 e. The summed E-state index contributed by atoms with van der Waals surface area (Å²) in [5, 5.41) is 8.04. The van der Waals surface area contributed by atoms with Gasteiger partial charge in [0.1, 0.15) is 11.0 Å². The molecule has 0 aliphatic rings. The van der Waals surface area contributed by atoms with Crippen molar-refractivity contribution in [1.82, 2.24) is 15.2 Å². The Balaban J connectivity index is 1.64. The molecule has 1 atom stereocenters. The molecule has 130 valence electrons. The van der Waals surface area contributed by atoms with Crippen LogP contribution in [0.25, 0.3) is 0 Å². The number of nitrogens with zero attached hydrogens (tertiary/aromatic N) is 2. The predicted octanol–water partition coefficient (Wildman–Crippen LogP) is 4.30. The van der Waals surface area contributed by atoms with Crippen molar-refractivity contribution in [3.63, 3.8) is 0 Å². The van der Waals surface area contributed by atoms with Crippen LogP contribution in [0.1, 0.15) is 22.2 Å². The smallest absolute Gasteiger partial charge is 0.235 e. The minimum Gasteiger partial charge on any atom is -0.342 e. The fourth-order valence-electron chi connectivity index (χ4n) is 2.56. The first-order chi connectivity index (χ1) is 12.1. The summed E-state index contributed by atoms with van der Waals surface area (Å²) in [6, 6.07) is 11.8. The average Bonchev–Trinajstić information content (AvgIpc) is 3.25. The number of carbonyl (C=O) groups is 1. The summed E-state index contributed by atoms with van der Waals surface area (Å²) in [6.45, 7) is 1.07. The second-order valence-corrected chi connectivity index (χ2v) is 8.93. The molecule has 0 saturated carbocycles. The van der Waals surface area contributed by atoms with Crippen LogP contribution in [-0.4, -0.2) is 29.4 Å². The van der Waals surface area contributed by atoms with Crippen molar-refractivity contribution < 1.29 is 4.79 Å². The third-order valence-electron chi connectivity index (χ3n) is 3.62. The number of benzene rings is 1. The van der Waals surface area contributed by atoms with Crippen molar-refractivity contribution in [2.24, 2.45) is 0 Å². The summed E-state index contributed by atoms with van der Waals surface area (Å²) < 4.78 is 1.10. The first kappa shape index (κ1) is 18.3. The highest BCUT2D eigenvalue weighted by Gasteiger charge is 2.19. The maximum atomic E-state index is 12.5. The monoisotopic (exact) mass is 435 g/mol. The molecule has 7 heteroatoms. The lowest BCUT2D eigenvalue weighted by Gasteiger charge is -2.20. The molecule has 1 N–H and O–H groups in total. The van der Waals surface area contributed by atoms with Gasteiger partial charge in [0.05, 0.1) is 10.3 Å². The van der Waals surface area contributed by atoms with Gasteiger partial charge in [-0.2, -0.15) is 0 Å². The van der Waals surface area contributed by atoms with Crippen molar-refractivity contribution in [2.45, 2.75) is 12.6 Å². The van der Waals surface area contributed by atoms with Gasteiger partial charge in [-0.25, -0.2) is 4.98 Å². The zero-order chi connectivity index (χ0) is 17.6. The van der Waals surface area contributed by atoms with Crippen molar-refractivity contribution in [1.29, 1.82) is 0 Å². The SMILES string of the molecule is CN(CC(=O)NC(c1ccccc1)c1nccs1)Cc1csc(Br)c1. The van der Waals surface area contributed by atoms with Crippen LogP contribution in [0.5, 0.6) is 0 Å². The van der Waals surface area contributed by atoms with E-state index in [2.05, 4.69) is 37.7 Å². The summed E-state index contributed by atoms with van der Waals surface area (Å²) in [6.07, 6.45) is 1.77. The van der Waals surface area contributed by atoms with Gasteiger partial charge in [0, 0.05) is 18.1 Å². The van der Waals surface area contributed by atoms with E-state index in [0.717, 1.165) is 20.9 Å². The Kier molecular flexibility index (Phi) is 6.36. The highest BCUT2D eigenvalue weighted by molar-refractivity contribution is 9.11. The molecule has 0 spiro atoms. The number of hydrogen-bond donors (Lipinski definition) is 1. The molecule has 4 nitrogen and oxygen atoms in total. The Bertz CT molecular complexity index is 805. The lowest BCUT2D eigenvalue weighted by molar-refractivity contribution is -0.122. The summed E-state index contributed by atoms with van der Waals surface area (Å²) in [5.74, 6) is -0.0131. The van der Waals surface area contributed by atoms with Gasteiger partial charge >= 0.3 is 0 Å². The van der Waals surface area contributed by atoms with E-state index in [0.29, 0.717) is 6.54 Å². The second-order valence-electron chi connectivity index (χ2n) is 5.71. The number of likely N-dealkylation sites (N-methyl/N-ethyl adjacent to an activating group) is 1. The summed E-state index contributed by atoms with van der Waals surface area (Å²) in [5.41, 5.74) is 2.24. The van der Waals surface area contributed by atoms with Crippen LogP contribution >= 0.6 is 38.6 Å². The molecular weight excluding hydrogens is 418 g/mol. The maximum Gasteiger partial charge on any atom is 0.235 e. The molecule has 2 heterocycles. The quantitative estimate of drug-likeness (QED) is 0.601. The molecule has 0 fully saturated rings. The van der Waals surface area contributed by atoms with E-state index in [1.54, 1.807) is 28.9 Å². The maximum absolute atomic E-state index is 12.5. The van der Waals surface area contributed by atoms with Gasteiger partial charge in [0.2, 0.25) is 5.91 Å². The van der Waals surface area contributed by atoms with Gasteiger partial charge in [0.15, 0.2) is 0 Å². The second kappa shape index (κ2) is 8.71. The van der Waals surface area contributed by atoms with E-state index in [9.17, 15) is 4.79 Å². The third kappa shape index (κ3) is 5.22. The van der Waals surface area contributed by atoms with E-state index in [4.69, 9.17) is 0 Å². The Labute approximate surface area is 163 Å². The van der Waals surface area contributed by atoms with Crippen LogP contribution in [0, 0.1) is 0 Å². The van der Waals surface area contributed by atoms with E-state index in [1.165, 1.54) is 5.56 Å². The van der Waals surface area contributed by atoms with Crippen LogP contribution in [0.2, 0.25) is 0 Å². The standard InChI is InChI=1S/C18H18BrN3OS2/c1-22(10-13-9-15(19)25-12-13)11-16(23)21-17(18-20-7-8-24-18)14-5-3-2-4-6-14/h2-9,12,17H,10-11H2,1H3,(H,21,23). The molecule has 3 rings (SSSR count). The van der Waals surface area contributed by atoms with Crippen LogP contribution in [0.15, 0.2) is 57.1 Å². The average molecular weight is 436 g/mol. The molecule has 3 aromatic rings.